The summed E-state index contributed by atoms with van der Waals surface area (Å²) in [6.07, 6.45) is 0.350. The van der Waals surface area contributed by atoms with Crippen molar-refractivity contribution < 1.29 is 19.5 Å². The highest BCUT2D eigenvalue weighted by atomic mass is 32.2. The molecule has 2 amide bonds. The third-order valence-corrected chi connectivity index (χ3v) is 3.79. The average molecular weight is 310 g/mol. The summed E-state index contributed by atoms with van der Waals surface area (Å²) in [6.45, 7) is 0.509. The van der Waals surface area contributed by atoms with E-state index in [-0.39, 0.29) is 17.4 Å². The van der Waals surface area contributed by atoms with Crippen LogP contribution in [-0.4, -0.2) is 52.9 Å². The standard InChI is InChI=1S/C14H18N2O4S/c1-16(7-11-5-3-2-4-6-11)13(18)9-21-8-12(14(19)20)15-10-17/h2-6,10,12H,7-9H2,1H3,(H,15,17)(H,19,20). The molecule has 6 nitrogen and oxygen atoms in total. The van der Waals surface area contributed by atoms with Crippen LogP contribution in [0.3, 0.4) is 0 Å². The molecule has 1 aromatic carbocycles. The van der Waals surface area contributed by atoms with Gasteiger partial charge >= 0.3 is 5.97 Å². The minimum atomic E-state index is -1.11. The number of benzene rings is 1. The van der Waals surface area contributed by atoms with Crippen molar-refractivity contribution in [3.05, 3.63) is 35.9 Å². The highest BCUT2D eigenvalue weighted by molar-refractivity contribution is 8.00. The van der Waals surface area contributed by atoms with E-state index in [2.05, 4.69) is 5.32 Å². The molecule has 1 unspecified atom stereocenters. The second-order valence-electron chi connectivity index (χ2n) is 4.43. The SMILES string of the molecule is CN(Cc1ccccc1)C(=O)CSCC(NC=O)C(=O)O. The van der Waals surface area contributed by atoms with E-state index in [1.807, 2.05) is 30.3 Å². The molecule has 0 aliphatic heterocycles. The van der Waals surface area contributed by atoms with E-state index < -0.39 is 12.0 Å². The van der Waals surface area contributed by atoms with Crippen molar-refractivity contribution in [1.29, 1.82) is 0 Å². The molecule has 114 valence electrons. The molecule has 1 aromatic rings. The van der Waals surface area contributed by atoms with E-state index in [0.717, 1.165) is 5.56 Å². The second kappa shape index (κ2) is 9.02. The van der Waals surface area contributed by atoms with Gasteiger partial charge in [0.1, 0.15) is 6.04 Å². The van der Waals surface area contributed by atoms with Gasteiger partial charge < -0.3 is 15.3 Å². The fraction of sp³-hybridized carbons (Fsp3) is 0.357. The van der Waals surface area contributed by atoms with E-state index in [0.29, 0.717) is 13.0 Å². The third-order valence-electron chi connectivity index (χ3n) is 2.77. The lowest BCUT2D eigenvalue weighted by atomic mass is 10.2. The van der Waals surface area contributed by atoms with Crippen LogP contribution < -0.4 is 5.32 Å². The Bertz CT molecular complexity index is 481. The molecule has 0 aromatic heterocycles. The highest BCUT2D eigenvalue weighted by Crippen LogP contribution is 2.08. The van der Waals surface area contributed by atoms with Gasteiger partial charge in [0, 0.05) is 19.3 Å². The van der Waals surface area contributed by atoms with Gasteiger partial charge in [-0.25, -0.2) is 4.79 Å². The number of nitrogens with zero attached hydrogens (tertiary/aromatic N) is 1. The Morgan fingerprint density at radius 1 is 1.38 bits per heavy atom. The molecule has 0 fully saturated rings. The normalized spacial score (nSPS) is 11.5. The number of thioether (sulfide) groups is 1. The maximum Gasteiger partial charge on any atom is 0.327 e. The van der Waals surface area contributed by atoms with Crippen molar-refractivity contribution in [1.82, 2.24) is 10.2 Å². The molecule has 7 heteroatoms. The maximum atomic E-state index is 11.9. The maximum absolute atomic E-state index is 11.9. The molecule has 0 aliphatic carbocycles. The zero-order valence-electron chi connectivity index (χ0n) is 11.7. The van der Waals surface area contributed by atoms with Gasteiger partial charge in [-0.2, -0.15) is 0 Å². The molecular weight excluding hydrogens is 292 g/mol. The first-order valence-electron chi connectivity index (χ1n) is 6.32. The number of carbonyl (C=O) groups excluding carboxylic acids is 2. The van der Waals surface area contributed by atoms with Crippen LogP contribution in [0.1, 0.15) is 5.56 Å². The number of carboxylic acids is 1. The minimum Gasteiger partial charge on any atom is -0.480 e. The molecule has 21 heavy (non-hydrogen) atoms. The van der Waals surface area contributed by atoms with Crippen molar-refractivity contribution in [3.63, 3.8) is 0 Å². The van der Waals surface area contributed by atoms with Gasteiger partial charge in [0.25, 0.3) is 0 Å². The molecule has 0 bridgehead atoms. The van der Waals surface area contributed by atoms with E-state index >= 15 is 0 Å². The molecule has 0 heterocycles. The van der Waals surface area contributed by atoms with Crippen LogP contribution >= 0.6 is 11.8 Å². The number of carboxylic acid groups (broad SMARTS) is 1. The van der Waals surface area contributed by atoms with E-state index in [1.165, 1.54) is 11.8 Å². The quantitative estimate of drug-likeness (QED) is 0.652. The van der Waals surface area contributed by atoms with Crippen LogP contribution in [0.25, 0.3) is 0 Å². The van der Waals surface area contributed by atoms with Gasteiger partial charge in [-0.3, -0.25) is 9.59 Å². The van der Waals surface area contributed by atoms with Crippen LogP contribution in [0, 0.1) is 0 Å². The van der Waals surface area contributed by atoms with Gasteiger partial charge in [-0.15, -0.1) is 11.8 Å². The predicted molar refractivity (Wildman–Crippen MR) is 80.9 cm³/mol. The lowest BCUT2D eigenvalue weighted by Gasteiger charge is -2.17. The number of amides is 2. The van der Waals surface area contributed by atoms with Crippen molar-refractivity contribution in [2.45, 2.75) is 12.6 Å². The molecule has 1 rings (SSSR count). The topological polar surface area (TPSA) is 86.7 Å². The molecule has 0 radical (unpaired) electrons. The van der Waals surface area contributed by atoms with Gasteiger partial charge in [0.05, 0.1) is 5.75 Å². The second-order valence-corrected chi connectivity index (χ2v) is 5.46. The number of nitrogens with one attached hydrogen (secondary N) is 1. The Labute approximate surface area is 127 Å². The predicted octanol–water partition coefficient (Wildman–Crippen LogP) is 0.577. The Morgan fingerprint density at radius 2 is 2.05 bits per heavy atom. The number of hydrogen-bond acceptors (Lipinski definition) is 4. The van der Waals surface area contributed by atoms with E-state index in [1.54, 1.807) is 11.9 Å². The van der Waals surface area contributed by atoms with Crippen LogP contribution in [-0.2, 0) is 20.9 Å². The fourth-order valence-electron chi connectivity index (χ4n) is 1.59. The summed E-state index contributed by atoms with van der Waals surface area (Å²) in [5.41, 5.74) is 1.03. The summed E-state index contributed by atoms with van der Waals surface area (Å²) in [4.78, 5) is 34.6. The largest absolute Gasteiger partial charge is 0.480 e. The lowest BCUT2D eigenvalue weighted by Crippen LogP contribution is -2.38. The molecule has 0 spiro atoms. The number of aliphatic carboxylic acids is 1. The van der Waals surface area contributed by atoms with Crippen LogP contribution in [0.4, 0.5) is 0 Å². The first-order valence-corrected chi connectivity index (χ1v) is 7.48. The third kappa shape index (κ3) is 6.31. The Morgan fingerprint density at radius 3 is 2.62 bits per heavy atom. The van der Waals surface area contributed by atoms with Crippen molar-refractivity contribution >= 4 is 30.0 Å². The highest BCUT2D eigenvalue weighted by Gasteiger charge is 2.17. The summed E-state index contributed by atoms with van der Waals surface area (Å²) in [7, 11) is 1.70. The average Bonchev–Trinajstić information content (AvgIpc) is 2.47. The zero-order valence-corrected chi connectivity index (χ0v) is 12.5. The molecule has 2 N–H and O–H groups in total. The van der Waals surface area contributed by atoms with Crippen LogP contribution in [0.2, 0.25) is 0 Å². The smallest absolute Gasteiger partial charge is 0.327 e. The van der Waals surface area contributed by atoms with E-state index in [9.17, 15) is 14.4 Å². The lowest BCUT2D eigenvalue weighted by molar-refractivity contribution is -0.139. The van der Waals surface area contributed by atoms with Gasteiger partial charge in [-0.05, 0) is 5.56 Å². The molecule has 0 saturated carbocycles. The van der Waals surface area contributed by atoms with Gasteiger partial charge in [0.2, 0.25) is 12.3 Å². The Balaban J connectivity index is 2.35. The van der Waals surface area contributed by atoms with Crippen molar-refractivity contribution in [2.75, 3.05) is 18.6 Å². The van der Waals surface area contributed by atoms with Crippen molar-refractivity contribution in [2.24, 2.45) is 0 Å². The Hall–Kier alpha value is -2.02. The molecule has 1 atom stereocenters. The van der Waals surface area contributed by atoms with Gasteiger partial charge in [-0.1, -0.05) is 30.3 Å². The first kappa shape index (κ1) is 17.0. The summed E-state index contributed by atoms with van der Waals surface area (Å²) >= 11 is 1.18. The number of carbonyl (C=O) groups is 3. The number of hydrogen-bond donors (Lipinski definition) is 2. The summed E-state index contributed by atoms with van der Waals surface area (Å²) < 4.78 is 0. The Kier molecular flexibility index (Phi) is 7.31. The summed E-state index contributed by atoms with van der Waals surface area (Å²) in [5, 5.41) is 11.0. The molecule has 0 saturated heterocycles. The minimum absolute atomic E-state index is 0.0842. The monoisotopic (exact) mass is 310 g/mol. The number of rotatable bonds is 9. The van der Waals surface area contributed by atoms with E-state index in [4.69, 9.17) is 5.11 Å². The van der Waals surface area contributed by atoms with Crippen LogP contribution in [0.5, 0.6) is 0 Å². The van der Waals surface area contributed by atoms with Crippen LogP contribution in [0.15, 0.2) is 30.3 Å². The summed E-state index contributed by atoms with van der Waals surface area (Å²) in [6, 6.07) is 8.62. The summed E-state index contributed by atoms with van der Waals surface area (Å²) in [5.74, 6) is -0.870. The fourth-order valence-corrected chi connectivity index (χ4v) is 2.58. The molecular formula is C14H18N2O4S. The van der Waals surface area contributed by atoms with Gasteiger partial charge in [0.15, 0.2) is 0 Å². The van der Waals surface area contributed by atoms with Crippen molar-refractivity contribution in [3.8, 4) is 0 Å². The molecule has 0 aliphatic rings. The first-order chi connectivity index (χ1) is 10.0. The zero-order chi connectivity index (χ0) is 15.7.